The molecular weight excluding hydrogens is 498 g/mol. The molecule has 5 heterocycles. The van der Waals surface area contributed by atoms with Gasteiger partial charge in [0.25, 0.3) is 0 Å². The third-order valence-electron chi connectivity index (χ3n) is 5.23. The Morgan fingerprint density at radius 1 is 0.897 bits per heavy atom. The van der Waals surface area contributed by atoms with Gasteiger partial charge in [-0.05, 0) is 42.5 Å². The normalized spacial score (nSPS) is 10.1. The number of carbonyl (C=O) groups is 1. The van der Waals surface area contributed by atoms with Crippen LogP contribution in [0.1, 0.15) is 10.5 Å². The van der Waals surface area contributed by atoms with E-state index in [9.17, 15) is 4.79 Å². The van der Waals surface area contributed by atoms with Crippen molar-refractivity contribution in [2.24, 2.45) is 25.8 Å². The van der Waals surface area contributed by atoms with Crippen LogP contribution in [-0.2, 0) is 14.1 Å². The molecule has 13 heteroatoms. The average molecular weight is 532 g/mol. The summed E-state index contributed by atoms with van der Waals surface area (Å²) in [5.41, 5.74) is 6.07. The Kier molecular flexibility index (Phi) is 11.4. The Labute approximate surface area is 226 Å². The zero-order valence-corrected chi connectivity index (χ0v) is 22.2. The van der Waals surface area contributed by atoms with Gasteiger partial charge in [0.2, 0.25) is 5.78 Å². The van der Waals surface area contributed by atoms with Gasteiger partial charge in [0.15, 0.2) is 0 Å². The summed E-state index contributed by atoms with van der Waals surface area (Å²) in [6, 6.07) is 13.4. The molecule has 0 aromatic carbocycles. The summed E-state index contributed by atoms with van der Waals surface area (Å²) in [6.45, 7) is 0. The summed E-state index contributed by atoms with van der Waals surface area (Å²) in [7, 11) is 7.41. The van der Waals surface area contributed by atoms with Gasteiger partial charge in [-0.25, -0.2) is 0 Å². The van der Waals surface area contributed by atoms with Crippen molar-refractivity contribution in [1.29, 1.82) is 0 Å². The van der Waals surface area contributed by atoms with E-state index in [2.05, 4.69) is 42.0 Å². The van der Waals surface area contributed by atoms with Crippen molar-refractivity contribution in [2.75, 3.05) is 14.1 Å². The highest BCUT2D eigenvalue weighted by molar-refractivity contribution is 6.03. The van der Waals surface area contributed by atoms with E-state index < -0.39 is 0 Å². The highest BCUT2D eigenvalue weighted by Crippen LogP contribution is 2.23. The van der Waals surface area contributed by atoms with Gasteiger partial charge >= 0.3 is 0 Å². The predicted octanol–water partition coefficient (Wildman–Crippen LogP) is 1.61. The summed E-state index contributed by atoms with van der Waals surface area (Å²) in [5.74, 6) is 7.93. The first-order valence-electron chi connectivity index (χ1n) is 11.5. The van der Waals surface area contributed by atoms with E-state index in [1.165, 1.54) is 6.08 Å². The smallest absolute Gasteiger partial charge is 0.205 e. The molecule has 0 aliphatic carbocycles. The van der Waals surface area contributed by atoms with E-state index in [-0.39, 0.29) is 11.3 Å². The van der Waals surface area contributed by atoms with Crippen LogP contribution in [0.5, 0.6) is 0 Å². The number of aromatic amines is 1. The number of hydrazine groups is 1. The zero-order valence-electron chi connectivity index (χ0n) is 22.2. The maximum absolute atomic E-state index is 12.0. The SMILES string of the molecule is CN(C)/C=C/C(=O)c1cc(-c2cccnc2)nn1C.Cn1nc(-c2cccnc2)cc1-c1ccn[nH]1.NN.O. The van der Waals surface area contributed by atoms with E-state index in [0.29, 0.717) is 5.69 Å². The van der Waals surface area contributed by atoms with E-state index >= 15 is 0 Å². The summed E-state index contributed by atoms with van der Waals surface area (Å²) in [6.07, 6.45) is 12.0. The van der Waals surface area contributed by atoms with Gasteiger partial charge in [0, 0.05) is 82.6 Å². The number of pyridine rings is 2. The van der Waals surface area contributed by atoms with Gasteiger partial charge < -0.3 is 10.4 Å². The Hall–Kier alpha value is -4.98. The first-order chi connectivity index (χ1) is 18.4. The van der Waals surface area contributed by atoms with Crippen molar-refractivity contribution < 1.29 is 10.3 Å². The molecule has 0 radical (unpaired) electrons. The zero-order chi connectivity index (χ0) is 27.5. The fourth-order valence-electron chi connectivity index (χ4n) is 3.43. The van der Waals surface area contributed by atoms with Crippen molar-refractivity contribution in [2.45, 2.75) is 0 Å². The highest BCUT2D eigenvalue weighted by Gasteiger charge is 2.12. The van der Waals surface area contributed by atoms with Crippen LogP contribution in [0.15, 0.2) is 85.7 Å². The summed E-state index contributed by atoms with van der Waals surface area (Å²) >= 11 is 0. The van der Waals surface area contributed by atoms with Crippen LogP contribution in [0, 0.1) is 0 Å². The predicted molar refractivity (Wildman–Crippen MR) is 150 cm³/mol. The molecule has 5 rings (SSSR count). The standard InChI is InChI=1S/C14H16N4O.C12H11N5.H4N2.H2O/c1-17(2)8-6-14(19)13-9-12(16-18(13)3)11-5-4-7-15-10-11;1-17-12(10-4-6-14-15-10)7-11(16-17)9-3-2-5-13-8-9;1-2;/h4-10H,1-3H3;2-8H,1H3,(H,14,15);1-2H2;1H2/b8-6+;;;. The molecule has 0 aliphatic heterocycles. The molecule has 0 saturated carbocycles. The lowest BCUT2D eigenvalue weighted by molar-refractivity contribution is 0.103. The molecule has 0 atom stereocenters. The van der Waals surface area contributed by atoms with Crippen molar-refractivity contribution in [3.05, 3.63) is 91.4 Å². The van der Waals surface area contributed by atoms with Crippen LogP contribution in [0.4, 0.5) is 0 Å². The molecule has 39 heavy (non-hydrogen) atoms. The van der Waals surface area contributed by atoms with Gasteiger partial charge in [0.05, 0.1) is 22.8 Å². The molecule has 5 aromatic rings. The number of nitrogens with zero attached hydrogens (tertiary/aromatic N) is 8. The number of aryl methyl sites for hydroxylation is 2. The van der Waals surface area contributed by atoms with E-state index in [4.69, 9.17) is 0 Å². The average Bonchev–Trinajstić information content (AvgIpc) is 3.70. The van der Waals surface area contributed by atoms with Crippen molar-refractivity contribution in [1.82, 2.24) is 44.6 Å². The number of hydrogen-bond donors (Lipinski definition) is 3. The van der Waals surface area contributed by atoms with E-state index in [1.54, 1.807) is 55.0 Å². The quantitative estimate of drug-likeness (QED) is 0.126. The maximum Gasteiger partial charge on any atom is 0.205 e. The number of aromatic nitrogens is 8. The minimum Gasteiger partial charge on any atom is -0.412 e. The Bertz CT molecular complexity index is 1440. The summed E-state index contributed by atoms with van der Waals surface area (Å²) in [4.78, 5) is 22.0. The van der Waals surface area contributed by atoms with Crippen molar-refractivity contribution in [3.8, 4) is 33.9 Å². The van der Waals surface area contributed by atoms with Gasteiger partial charge in [-0.15, -0.1) is 0 Å². The number of ketones is 1. The van der Waals surface area contributed by atoms with Crippen LogP contribution in [0.25, 0.3) is 33.9 Å². The minimum atomic E-state index is -0.0705. The maximum atomic E-state index is 12.0. The number of carbonyl (C=O) groups excluding carboxylic acids is 1. The monoisotopic (exact) mass is 531 g/mol. The number of nitrogens with one attached hydrogen (secondary N) is 1. The number of nitrogens with two attached hydrogens (primary N) is 2. The second-order valence-electron chi connectivity index (χ2n) is 8.17. The fraction of sp³-hybridized carbons (Fsp3) is 0.154. The Balaban J connectivity index is 0.000000252. The number of H-pyrrole nitrogens is 1. The molecule has 13 nitrogen and oxygen atoms in total. The lowest BCUT2D eigenvalue weighted by Crippen LogP contribution is -2.06. The highest BCUT2D eigenvalue weighted by atomic mass is 16.1. The first-order valence-corrected chi connectivity index (χ1v) is 11.5. The van der Waals surface area contributed by atoms with Gasteiger partial charge in [-0.1, -0.05) is 0 Å². The number of hydrogen-bond acceptors (Lipinski definition) is 9. The van der Waals surface area contributed by atoms with Crippen LogP contribution in [0.2, 0.25) is 0 Å². The largest absolute Gasteiger partial charge is 0.412 e. The first kappa shape index (κ1) is 30.2. The van der Waals surface area contributed by atoms with Crippen LogP contribution >= 0.6 is 0 Å². The molecule has 0 bridgehead atoms. The molecule has 0 saturated heterocycles. The van der Waals surface area contributed by atoms with E-state index in [0.717, 1.165) is 33.9 Å². The summed E-state index contributed by atoms with van der Waals surface area (Å²) in [5, 5.41) is 15.7. The third-order valence-corrected chi connectivity index (χ3v) is 5.23. The van der Waals surface area contributed by atoms with Crippen LogP contribution in [-0.4, -0.2) is 70.0 Å². The number of allylic oxidation sites excluding steroid dienone is 1. The Morgan fingerprint density at radius 2 is 1.49 bits per heavy atom. The second kappa shape index (κ2) is 14.7. The molecule has 7 N–H and O–H groups in total. The molecule has 0 spiro atoms. The molecule has 0 amide bonds. The molecule has 0 aliphatic rings. The van der Waals surface area contributed by atoms with Gasteiger partial charge in [0.1, 0.15) is 5.69 Å². The molecular formula is C26H33N11O2. The van der Waals surface area contributed by atoms with Crippen LogP contribution in [0.3, 0.4) is 0 Å². The van der Waals surface area contributed by atoms with E-state index in [1.807, 2.05) is 67.1 Å². The van der Waals surface area contributed by atoms with Gasteiger partial charge in [-0.3, -0.25) is 40.9 Å². The number of rotatable bonds is 6. The van der Waals surface area contributed by atoms with Crippen molar-refractivity contribution in [3.63, 3.8) is 0 Å². The summed E-state index contributed by atoms with van der Waals surface area (Å²) < 4.78 is 3.42. The van der Waals surface area contributed by atoms with Gasteiger partial charge in [-0.2, -0.15) is 15.3 Å². The molecule has 5 aromatic heterocycles. The fourth-order valence-corrected chi connectivity index (χ4v) is 3.43. The third kappa shape index (κ3) is 8.00. The molecule has 204 valence electrons. The molecule has 0 unspecified atom stereocenters. The lowest BCUT2D eigenvalue weighted by Gasteiger charge is -2.02. The minimum absolute atomic E-state index is 0. The van der Waals surface area contributed by atoms with Crippen molar-refractivity contribution >= 4 is 5.78 Å². The molecule has 0 fully saturated rings. The van der Waals surface area contributed by atoms with Crippen LogP contribution < -0.4 is 11.7 Å². The lowest BCUT2D eigenvalue weighted by atomic mass is 10.2. The topological polar surface area (TPSA) is 194 Å². The second-order valence-corrected chi connectivity index (χ2v) is 8.17. The Morgan fingerprint density at radius 3 is 2.00 bits per heavy atom.